The lowest BCUT2D eigenvalue weighted by atomic mass is 10.0. The quantitative estimate of drug-likeness (QED) is 0.668. The number of amides is 1. The fourth-order valence-corrected chi connectivity index (χ4v) is 5.79. The first-order valence-corrected chi connectivity index (χ1v) is 11.8. The first-order chi connectivity index (χ1) is 14.1. The van der Waals surface area contributed by atoms with E-state index in [0.29, 0.717) is 18.7 Å². The number of benzene rings is 2. The number of nitrogens with zero attached hydrogens (tertiary/aromatic N) is 2. The molecule has 1 saturated heterocycles. The van der Waals surface area contributed by atoms with Crippen molar-refractivity contribution < 1.29 is 13.2 Å². The predicted molar refractivity (Wildman–Crippen MR) is 114 cm³/mol. The molecule has 1 N–H and O–H groups in total. The molecule has 29 heavy (non-hydrogen) atoms. The molecular formula is C21H21N3O3S2. The van der Waals surface area contributed by atoms with Crippen LogP contribution in [-0.2, 0) is 14.8 Å². The van der Waals surface area contributed by atoms with Gasteiger partial charge in [0.2, 0.25) is 15.9 Å². The van der Waals surface area contributed by atoms with Crippen LogP contribution in [0.3, 0.4) is 0 Å². The van der Waals surface area contributed by atoms with Crippen LogP contribution in [0.15, 0.2) is 71.1 Å². The molecule has 8 heteroatoms. The number of rotatable bonds is 5. The van der Waals surface area contributed by atoms with Crippen molar-refractivity contribution in [1.82, 2.24) is 9.29 Å². The molecule has 1 aromatic heterocycles. The fraction of sp³-hybridized carbons (Fsp3) is 0.238. The molecule has 1 amide bonds. The first kappa shape index (κ1) is 19.8. The van der Waals surface area contributed by atoms with Gasteiger partial charge in [-0.3, -0.25) is 4.79 Å². The fourth-order valence-electron chi connectivity index (χ4n) is 3.47. The van der Waals surface area contributed by atoms with Gasteiger partial charge in [0.05, 0.1) is 4.90 Å². The van der Waals surface area contributed by atoms with Crippen molar-refractivity contribution in [3.63, 3.8) is 0 Å². The van der Waals surface area contributed by atoms with Crippen LogP contribution in [0, 0.1) is 0 Å². The number of anilines is 1. The third-order valence-corrected chi connectivity index (χ3v) is 7.68. The molecule has 2 heterocycles. The maximum atomic E-state index is 13.1. The molecule has 0 bridgehead atoms. The van der Waals surface area contributed by atoms with Gasteiger partial charge < -0.3 is 5.32 Å². The standard InChI is InChI=1S/C21H21N3O3S2/c25-20(23-17-11-9-16(10-12-17)21-22-13-15-28-21)19-8-4-5-14-24(19)29(26,27)18-6-2-1-3-7-18/h1-3,6-7,9-13,15,19H,4-5,8,14H2,(H,23,25)/t19-/m1/s1. The summed E-state index contributed by atoms with van der Waals surface area (Å²) in [5, 5.41) is 5.70. The molecule has 1 fully saturated rings. The molecule has 0 aliphatic carbocycles. The lowest BCUT2D eigenvalue weighted by molar-refractivity contribution is -0.120. The lowest BCUT2D eigenvalue weighted by Gasteiger charge is -2.33. The van der Waals surface area contributed by atoms with Crippen molar-refractivity contribution in [2.24, 2.45) is 0 Å². The van der Waals surface area contributed by atoms with Gasteiger partial charge in [0.25, 0.3) is 0 Å². The molecular weight excluding hydrogens is 406 g/mol. The monoisotopic (exact) mass is 427 g/mol. The zero-order valence-electron chi connectivity index (χ0n) is 15.7. The van der Waals surface area contributed by atoms with Crippen LogP contribution in [0.1, 0.15) is 19.3 Å². The third-order valence-electron chi connectivity index (χ3n) is 4.94. The Kier molecular flexibility index (Phi) is 5.75. The maximum absolute atomic E-state index is 13.1. The van der Waals surface area contributed by atoms with Crippen LogP contribution in [0.4, 0.5) is 5.69 Å². The number of thiazole rings is 1. The van der Waals surface area contributed by atoms with Gasteiger partial charge in [-0.1, -0.05) is 24.6 Å². The minimum absolute atomic E-state index is 0.215. The molecule has 1 aliphatic rings. The zero-order chi connectivity index (χ0) is 20.3. The summed E-state index contributed by atoms with van der Waals surface area (Å²) < 4.78 is 27.5. The average Bonchev–Trinajstić information content (AvgIpc) is 3.30. The second kappa shape index (κ2) is 8.44. The highest BCUT2D eigenvalue weighted by Gasteiger charge is 2.37. The van der Waals surface area contributed by atoms with Crippen molar-refractivity contribution in [3.05, 3.63) is 66.2 Å². The van der Waals surface area contributed by atoms with E-state index in [2.05, 4.69) is 10.3 Å². The van der Waals surface area contributed by atoms with Crippen LogP contribution in [0.25, 0.3) is 10.6 Å². The summed E-state index contributed by atoms with van der Waals surface area (Å²) in [7, 11) is -3.72. The number of nitrogens with one attached hydrogen (secondary N) is 1. The molecule has 3 aromatic rings. The van der Waals surface area contributed by atoms with E-state index in [4.69, 9.17) is 0 Å². The van der Waals surface area contributed by atoms with Crippen LogP contribution in [0.2, 0.25) is 0 Å². The number of sulfonamides is 1. The number of aromatic nitrogens is 1. The minimum atomic E-state index is -3.72. The van der Waals surface area contributed by atoms with E-state index in [0.717, 1.165) is 23.4 Å². The number of hydrogen-bond donors (Lipinski definition) is 1. The Labute approximate surface area is 174 Å². The second-order valence-electron chi connectivity index (χ2n) is 6.84. The SMILES string of the molecule is O=C(Nc1ccc(-c2nccs2)cc1)[C@H]1CCCCN1S(=O)(=O)c1ccccc1. The Hall–Kier alpha value is -2.55. The predicted octanol–water partition coefficient (Wildman–Crippen LogP) is 3.99. The molecule has 0 spiro atoms. The van der Waals surface area contributed by atoms with Gasteiger partial charge in [-0.15, -0.1) is 11.3 Å². The van der Waals surface area contributed by atoms with Crippen LogP contribution >= 0.6 is 11.3 Å². The first-order valence-electron chi connectivity index (χ1n) is 9.43. The highest BCUT2D eigenvalue weighted by atomic mass is 32.2. The molecule has 4 rings (SSSR count). The summed E-state index contributed by atoms with van der Waals surface area (Å²) in [5.41, 5.74) is 1.61. The van der Waals surface area contributed by atoms with Gasteiger partial charge in [0, 0.05) is 29.4 Å². The van der Waals surface area contributed by atoms with Crippen molar-refractivity contribution in [2.45, 2.75) is 30.2 Å². The van der Waals surface area contributed by atoms with E-state index in [1.165, 1.54) is 4.31 Å². The highest BCUT2D eigenvalue weighted by Crippen LogP contribution is 2.27. The summed E-state index contributed by atoms with van der Waals surface area (Å²) in [6.07, 6.45) is 3.83. The summed E-state index contributed by atoms with van der Waals surface area (Å²) in [5.74, 6) is -0.300. The van der Waals surface area contributed by atoms with Crippen LogP contribution in [0.5, 0.6) is 0 Å². The topological polar surface area (TPSA) is 79.4 Å². The molecule has 150 valence electrons. The van der Waals surface area contributed by atoms with Crippen molar-refractivity contribution >= 4 is 33.0 Å². The average molecular weight is 428 g/mol. The maximum Gasteiger partial charge on any atom is 0.243 e. The Morgan fingerprint density at radius 3 is 2.52 bits per heavy atom. The van der Waals surface area contributed by atoms with Gasteiger partial charge in [-0.2, -0.15) is 4.31 Å². The molecule has 0 radical (unpaired) electrons. The van der Waals surface area contributed by atoms with Gasteiger partial charge in [-0.25, -0.2) is 13.4 Å². The number of piperidine rings is 1. The van der Waals surface area contributed by atoms with Crippen LogP contribution < -0.4 is 5.32 Å². The zero-order valence-corrected chi connectivity index (χ0v) is 17.3. The van der Waals surface area contributed by atoms with E-state index < -0.39 is 16.1 Å². The third kappa shape index (κ3) is 4.24. The Morgan fingerprint density at radius 2 is 1.83 bits per heavy atom. The number of carbonyl (C=O) groups excluding carboxylic acids is 1. The number of hydrogen-bond acceptors (Lipinski definition) is 5. The second-order valence-corrected chi connectivity index (χ2v) is 9.63. The smallest absolute Gasteiger partial charge is 0.243 e. The van der Waals surface area contributed by atoms with E-state index in [1.54, 1.807) is 47.9 Å². The lowest BCUT2D eigenvalue weighted by Crippen LogP contribution is -2.49. The molecule has 6 nitrogen and oxygen atoms in total. The van der Waals surface area contributed by atoms with Crippen LogP contribution in [-0.4, -0.2) is 36.2 Å². The summed E-state index contributed by atoms with van der Waals surface area (Å²) in [6.45, 7) is 0.346. The molecule has 0 unspecified atom stereocenters. The van der Waals surface area contributed by atoms with Gasteiger partial charge >= 0.3 is 0 Å². The molecule has 1 aliphatic heterocycles. The van der Waals surface area contributed by atoms with Crippen molar-refractivity contribution in [1.29, 1.82) is 0 Å². The van der Waals surface area contributed by atoms with Gasteiger partial charge in [-0.05, 0) is 49.2 Å². The largest absolute Gasteiger partial charge is 0.325 e. The molecule has 0 saturated carbocycles. The molecule has 2 aromatic carbocycles. The highest BCUT2D eigenvalue weighted by molar-refractivity contribution is 7.89. The molecule has 1 atom stereocenters. The van der Waals surface area contributed by atoms with E-state index in [9.17, 15) is 13.2 Å². The minimum Gasteiger partial charge on any atom is -0.325 e. The van der Waals surface area contributed by atoms with E-state index in [-0.39, 0.29) is 10.8 Å². The van der Waals surface area contributed by atoms with Gasteiger partial charge in [0.15, 0.2) is 0 Å². The van der Waals surface area contributed by atoms with Gasteiger partial charge in [0.1, 0.15) is 11.0 Å². The van der Waals surface area contributed by atoms with E-state index >= 15 is 0 Å². The summed E-state index contributed by atoms with van der Waals surface area (Å²) >= 11 is 1.55. The number of carbonyl (C=O) groups is 1. The Bertz CT molecular complexity index is 1070. The van der Waals surface area contributed by atoms with E-state index in [1.807, 2.05) is 29.6 Å². The van der Waals surface area contributed by atoms with Crippen molar-refractivity contribution in [2.75, 3.05) is 11.9 Å². The summed E-state index contributed by atoms with van der Waals surface area (Å²) in [4.78, 5) is 17.4. The normalized spacial score (nSPS) is 17.7. The Balaban J connectivity index is 1.52. The Morgan fingerprint density at radius 1 is 1.07 bits per heavy atom. The van der Waals surface area contributed by atoms with Crippen molar-refractivity contribution in [3.8, 4) is 10.6 Å². The summed E-state index contributed by atoms with van der Waals surface area (Å²) in [6, 6.07) is 15.0.